The number of benzene rings is 2. The molecule has 0 fully saturated rings. The molecular weight excluding hydrogens is 252 g/mol. The number of nitrogens with two attached hydrogens (primary N) is 1. The van der Waals surface area contributed by atoms with Gasteiger partial charge in [0.15, 0.2) is 0 Å². The number of anilines is 1. The number of rotatable bonds is 4. The van der Waals surface area contributed by atoms with Gasteiger partial charge in [-0.3, -0.25) is 0 Å². The van der Waals surface area contributed by atoms with Gasteiger partial charge in [-0.05, 0) is 30.7 Å². The van der Waals surface area contributed by atoms with E-state index in [4.69, 9.17) is 15.7 Å². The van der Waals surface area contributed by atoms with E-state index in [2.05, 4.69) is 6.07 Å². The Balaban J connectivity index is 2.09. The Hall–Kier alpha value is -2.51. The van der Waals surface area contributed by atoms with Crippen LogP contribution in [0.3, 0.4) is 0 Å². The molecule has 0 saturated heterocycles. The van der Waals surface area contributed by atoms with E-state index in [1.165, 1.54) is 0 Å². The Labute approximate surface area is 118 Å². The van der Waals surface area contributed by atoms with Crippen LogP contribution in [0, 0.1) is 18.3 Å². The summed E-state index contributed by atoms with van der Waals surface area (Å²) in [6.07, 6.45) is -0.804. The predicted octanol–water partition coefficient (Wildman–Crippen LogP) is 2.56. The van der Waals surface area contributed by atoms with Gasteiger partial charge in [0.05, 0.1) is 11.6 Å². The highest BCUT2D eigenvalue weighted by atomic mass is 16.5. The van der Waals surface area contributed by atoms with Gasteiger partial charge in [0.2, 0.25) is 0 Å². The lowest BCUT2D eigenvalue weighted by Crippen LogP contribution is -2.12. The van der Waals surface area contributed by atoms with Crippen molar-refractivity contribution in [1.29, 1.82) is 5.26 Å². The van der Waals surface area contributed by atoms with Crippen LogP contribution in [0.2, 0.25) is 0 Å². The first-order valence-electron chi connectivity index (χ1n) is 6.28. The van der Waals surface area contributed by atoms with E-state index in [1.54, 1.807) is 24.3 Å². The third-order valence-electron chi connectivity index (χ3n) is 3.07. The van der Waals surface area contributed by atoms with Crippen LogP contribution in [0.15, 0.2) is 42.5 Å². The summed E-state index contributed by atoms with van der Waals surface area (Å²) in [6.45, 7) is 1.98. The molecule has 0 aliphatic carbocycles. The van der Waals surface area contributed by atoms with Crippen LogP contribution in [0.25, 0.3) is 0 Å². The first-order valence-corrected chi connectivity index (χ1v) is 6.28. The van der Waals surface area contributed by atoms with Crippen molar-refractivity contribution in [3.05, 3.63) is 59.2 Å². The summed E-state index contributed by atoms with van der Waals surface area (Å²) in [4.78, 5) is 0. The van der Waals surface area contributed by atoms with E-state index in [9.17, 15) is 5.11 Å². The molecule has 3 N–H and O–H groups in total. The molecule has 0 bridgehead atoms. The number of aliphatic hydroxyl groups excluding tert-OH is 1. The molecule has 1 unspecified atom stereocenters. The smallest absolute Gasteiger partial charge is 0.123 e. The highest BCUT2D eigenvalue weighted by molar-refractivity contribution is 5.48. The minimum atomic E-state index is -0.804. The summed E-state index contributed by atoms with van der Waals surface area (Å²) in [7, 11) is 0. The molecule has 0 spiro atoms. The van der Waals surface area contributed by atoms with Crippen molar-refractivity contribution >= 4 is 5.69 Å². The van der Waals surface area contributed by atoms with Crippen LogP contribution in [0.1, 0.15) is 22.8 Å². The van der Waals surface area contributed by atoms with Crippen LogP contribution < -0.4 is 10.5 Å². The van der Waals surface area contributed by atoms with Crippen LogP contribution in [-0.4, -0.2) is 11.7 Å². The van der Waals surface area contributed by atoms with Crippen molar-refractivity contribution in [2.75, 3.05) is 12.3 Å². The number of nitrogen functional groups attached to an aromatic ring is 1. The van der Waals surface area contributed by atoms with Crippen molar-refractivity contribution < 1.29 is 9.84 Å². The van der Waals surface area contributed by atoms with Gasteiger partial charge in [-0.2, -0.15) is 5.26 Å². The van der Waals surface area contributed by atoms with Crippen LogP contribution in [0.4, 0.5) is 5.69 Å². The second kappa shape index (κ2) is 6.09. The molecule has 2 aromatic rings. The zero-order valence-electron chi connectivity index (χ0n) is 11.2. The van der Waals surface area contributed by atoms with E-state index in [-0.39, 0.29) is 6.61 Å². The molecule has 0 amide bonds. The molecule has 2 rings (SSSR count). The summed E-state index contributed by atoms with van der Waals surface area (Å²) in [5.74, 6) is 0.595. The van der Waals surface area contributed by atoms with Crippen molar-refractivity contribution in [2.45, 2.75) is 13.0 Å². The summed E-state index contributed by atoms with van der Waals surface area (Å²) in [6, 6.07) is 14.4. The average molecular weight is 268 g/mol. The third kappa shape index (κ3) is 3.08. The Morgan fingerprint density at radius 1 is 1.30 bits per heavy atom. The highest BCUT2D eigenvalue weighted by Gasteiger charge is 2.12. The van der Waals surface area contributed by atoms with E-state index in [0.717, 1.165) is 5.56 Å². The number of nitrogens with zero attached hydrogens (tertiary/aromatic N) is 1. The normalized spacial score (nSPS) is 11.7. The molecule has 2 aromatic carbocycles. The zero-order valence-corrected chi connectivity index (χ0v) is 11.2. The lowest BCUT2D eigenvalue weighted by Gasteiger charge is -2.15. The molecule has 0 radical (unpaired) electrons. The van der Waals surface area contributed by atoms with Gasteiger partial charge in [-0.25, -0.2) is 0 Å². The Morgan fingerprint density at radius 2 is 2.05 bits per heavy atom. The SMILES string of the molecule is Cc1ccc(C#N)cc1OCC(O)c1ccccc1N. The molecular formula is C16H16N2O2. The third-order valence-corrected chi connectivity index (χ3v) is 3.07. The minimum Gasteiger partial charge on any atom is -0.490 e. The number of aryl methyl sites for hydroxylation is 1. The van der Waals surface area contributed by atoms with E-state index >= 15 is 0 Å². The van der Waals surface area contributed by atoms with Crippen molar-refractivity contribution in [1.82, 2.24) is 0 Å². The van der Waals surface area contributed by atoms with Gasteiger partial charge >= 0.3 is 0 Å². The average Bonchev–Trinajstić information content (AvgIpc) is 2.46. The molecule has 0 heterocycles. The summed E-state index contributed by atoms with van der Waals surface area (Å²) in [5.41, 5.74) is 8.42. The van der Waals surface area contributed by atoms with Gasteiger partial charge in [-0.1, -0.05) is 24.3 Å². The summed E-state index contributed by atoms with van der Waals surface area (Å²) in [5, 5.41) is 19.0. The Kier molecular flexibility index (Phi) is 4.24. The predicted molar refractivity (Wildman–Crippen MR) is 77.2 cm³/mol. The number of para-hydroxylation sites is 1. The maximum atomic E-state index is 10.1. The van der Waals surface area contributed by atoms with Crippen molar-refractivity contribution in [3.8, 4) is 11.8 Å². The molecule has 0 aliphatic rings. The zero-order chi connectivity index (χ0) is 14.5. The highest BCUT2D eigenvalue weighted by Crippen LogP contribution is 2.23. The quantitative estimate of drug-likeness (QED) is 0.835. The lowest BCUT2D eigenvalue weighted by atomic mass is 10.1. The molecule has 4 nitrogen and oxygen atoms in total. The van der Waals surface area contributed by atoms with Gasteiger partial charge < -0.3 is 15.6 Å². The summed E-state index contributed by atoms with van der Waals surface area (Å²) < 4.78 is 5.59. The number of nitriles is 1. The maximum absolute atomic E-state index is 10.1. The Bertz CT molecular complexity index is 647. The number of aliphatic hydroxyl groups is 1. The van der Waals surface area contributed by atoms with E-state index < -0.39 is 6.10 Å². The number of hydrogen-bond acceptors (Lipinski definition) is 4. The molecule has 4 heteroatoms. The molecule has 0 saturated carbocycles. The molecule has 102 valence electrons. The van der Waals surface area contributed by atoms with Crippen molar-refractivity contribution in [2.24, 2.45) is 0 Å². The first-order chi connectivity index (χ1) is 9.61. The second-order valence-electron chi connectivity index (χ2n) is 4.55. The van der Waals surface area contributed by atoms with Gasteiger partial charge in [0, 0.05) is 11.3 Å². The molecule has 0 aromatic heterocycles. The van der Waals surface area contributed by atoms with Gasteiger partial charge in [0.1, 0.15) is 18.5 Å². The standard InChI is InChI=1S/C16H16N2O2/c1-11-6-7-12(9-17)8-16(11)20-10-15(19)13-4-2-3-5-14(13)18/h2-8,15,19H,10,18H2,1H3. The Morgan fingerprint density at radius 3 is 2.75 bits per heavy atom. The van der Waals surface area contributed by atoms with Crippen LogP contribution in [-0.2, 0) is 0 Å². The molecule has 20 heavy (non-hydrogen) atoms. The van der Waals surface area contributed by atoms with Crippen LogP contribution in [0.5, 0.6) is 5.75 Å². The lowest BCUT2D eigenvalue weighted by molar-refractivity contribution is 0.108. The topological polar surface area (TPSA) is 79.3 Å². The monoisotopic (exact) mass is 268 g/mol. The molecule has 0 aliphatic heterocycles. The maximum Gasteiger partial charge on any atom is 0.123 e. The number of hydrogen-bond donors (Lipinski definition) is 2. The number of ether oxygens (including phenoxy) is 1. The fraction of sp³-hybridized carbons (Fsp3) is 0.188. The fourth-order valence-corrected chi connectivity index (χ4v) is 1.90. The molecule has 1 atom stereocenters. The largest absolute Gasteiger partial charge is 0.490 e. The van der Waals surface area contributed by atoms with Gasteiger partial charge in [-0.15, -0.1) is 0 Å². The van der Waals surface area contributed by atoms with Crippen LogP contribution >= 0.6 is 0 Å². The van der Waals surface area contributed by atoms with Crippen molar-refractivity contribution in [3.63, 3.8) is 0 Å². The second-order valence-corrected chi connectivity index (χ2v) is 4.55. The summed E-state index contributed by atoms with van der Waals surface area (Å²) >= 11 is 0. The first kappa shape index (κ1) is 13.9. The van der Waals surface area contributed by atoms with Gasteiger partial charge in [0.25, 0.3) is 0 Å². The minimum absolute atomic E-state index is 0.0872. The van der Waals surface area contributed by atoms with E-state index in [1.807, 2.05) is 25.1 Å². The fourth-order valence-electron chi connectivity index (χ4n) is 1.90. The van der Waals surface area contributed by atoms with E-state index in [0.29, 0.717) is 22.6 Å².